The first-order valence-electron chi connectivity index (χ1n) is 12.1. The van der Waals surface area contributed by atoms with Gasteiger partial charge in [-0.2, -0.15) is 0 Å². The summed E-state index contributed by atoms with van der Waals surface area (Å²) in [5.74, 6) is -2.92. The van der Waals surface area contributed by atoms with E-state index in [1.54, 1.807) is 0 Å². The smallest absolute Gasteiger partial charge is 0.255 e. The molecule has 1 N–H and O–H groups in total. The van der Waals surface area contributed by atoms with E-state index in [4.69, 9.17) is 4.74 Å². The Morgan fingerprint density at radius 2 is 1.15 bits per heavy atom. The van der Waals surface area contributed by atoms with E-state index in [0.29, 0.717) is 25.7 Å². The van der Waals surface area contributed by atoms with Gasteiger partial charge in [-0.15, -0.1) is 0 Å². The maximum atomic E-state index is 13.6. The van der Waals surface area contributed by atoms with Gasteiger partial charge >= 0.3 is 0 Å². The largest absolute Gasteiger partial charge is 0.726 e. The van der Waals surface area contributed by atoms with Gasteiger partial charge in [-0.05, 0) is 12.8 Å². The molecular weight excluding hydrogens is 749 g/mol. The molecule has 0 aromatic rings. The molecule has 2 fully saturated rings. The van der Waals surface area contributed by atoms with Crippen molar-refractivity contribution in [1.82, 2.24) is 10.2 Å². The molecule has 5 atom stereocenters. The number of rotatable bonds is 16. The number of hydrogen-bond donors (Lipinski definition) is 1. The Labute approximate surface area is 262 Å². The lowest BCUT2D eigenvalue weighted by Crippen LogP contribution is -2.66. The summed E-state index contributed by atoms with van der Waals surface area (Å²) in [6.45, 7) is -3.50. The molecule has 1 aliphatic carbocycles. The van der Waals surface area contributed by atoms with E-state index in [9.17, 15) is 74.4 Å². The van der Waals surface area contributed by atoms with Crippen LogP contribution >= 0.6 is 0 Å². The summed E-state index contributed by atoms with van der Waals surface area (Å²) in [4.78, 5) is 26.5. The van der Waals surface area contributed by atoms with Gasteiger partial charge in [0.1, 0.15) is 12.2 Å². The van der Waals surface area contributed by atoms with Gasteiger partial charge in [0.2, 0.25) is 64.2 Å². The van der Waals surface area contributed by atoms with Crippen LogP contribution in [0.4, 0.5) is 0 Å². The zero-order valence-corrected chi connectivity index (χ0v) is 26.6. The molecule has 0 bridgehead atoms. The van der Waals surface area contributed by atoms with Gasteiger partial charge in [-0.3, -0.25) is 26.3 Å². The van der Waals surface area contributed by atoms with Crippen LogP contribution in [0.2, 0.25) is 0 Å². The predicted octanol–water partition coefficient (Wildman–Crippen LogP) is -5.52. The fourth-order valence-electron chi connectivity index (χ4n) is 4.32. The van der Waals surface area contributed by atoms with Crippen LogP contribution in [-0.4, -0.2) is 138 Å². The summed E-state index contributed by atoms with van der Waals surface area (Å²) in [6.07, 6.45) is -13.0. The first kappa shape index (κ1) is 40.4. The highest BCUT2D eigenvalue weighted by Crippen LogP contribution is 2.33. The lowest BCUT2D eigenvalue weighted by Gasteiger charge is -2.45. The van der Waals surface area contributed by atoms with Gasteiger partial charge in [-0.25, -0.2) is 46.3 Å². The van der Waals surface area contributed by atoms with Gasteiger partial charge in [-0.1, -0.05) is 19.3 Å². The zero-order chi connectivity index (χ0) is 35.3. The minimum Gasteiger partial charge on any atom is -0.726 e. The summed E-state index contributed by atoms with van der Waals surface area (Å²) in [7, 11) is -30.2. The molecule has 2 aliphatic rings. The second-order valence-corrected chi connectivity index (χ2v) is 14.3. The van der Waals surface area contributed by atoms with Crippen molar-refractivity contribution in [3.05, 3.63) is 0 Å². The van der Waals surface area contributed by atoms with Gasteiger partial charge in [0.15, 0.2) is 12.2 Å². The van der Waals surface area contributed by atoms with Crippen LogP contribution in [0.3, 0.4) is 0 Å². The number of carbonyl (C=O) groups excluding carboxylic acids is 2. The molecule has 1 saturated heterocycles. The van der Waals surface area contributed by atoms with E-state index >= 15 is 0 Å². The molecule has 5 unspecified atom stereocenters. The van der Waals surface area contributed by atoms with Crippen LogP contribution in [0.25, 0.3) is 0 Å². The maximum absolute atomic E-state index is 13.6. The van der Waals surface area contributed by atoms with Crippen LogP contribution in [-0.2, 0) is 87.2 Å². The highest BCUT2D eigenvalue weighted by molar-refractivity contribution is 7.81. The van der Waals surface area contributed by atoms with Crippen molar-refractivity contribution in [2.75, 3.05) is 19.7 Å². The molecule has 1 aliphatic heterocycles. The number of hydrogen-bond acceptors (Lipinski definition) is 23. The first-order chi connectivity index (χ1) is 20.7. The third-order valence-electron chi connectivity index (χ3n) is 5.84. The number of amides is 2. The van der Waals surface area contributed by atoms with E-state index in [1.807, 2.05) is 0 Å². The van der Waals surface area contributed by atoms with Crippen molar-refractivity contribution < 1.29 is 100 Å². The van der Waals surface area contributed by atoms with Crippen LogP contribution in [0, 0.1) is 0 Å². The lowest BCUT2D eigenvalue weighted by atomic mass is 9.95. The summed E-state index contributed by atoms with van der Waals surface area (Å²) in [5.41, 5.74) is 0. The molecule has 30 heteroatoms. The fourth-order valence-corrected chi connectivity index (χ4v) is 6.43. The predicted molar refractivity (Wildman–Crippen MR) is 130 cm³/mol. The number of nitrogens with zero attached hydrogens (tertiary/aromatic N) is 1. The highest BCUT2D eigenvalue weighted by Gasteiger charge is 2.55. The lowest BCUT2D eigenvalue weighted by molar-refractivity contribution is -0.255. The molecule has 1 saturated carbocycles. The van der Waals surface area contributed by atoms with Crippen LogP contribution < -0.4 is 5.32 Å². The van der Waals surface area contributed by atoms with Gasteiger partial charge in [0.05, 0.1) is 13.2 Å². The van der Waals surface area contributed by atoms with Crippen LogP contribution in [0.1, 0.15) is 32.1 Å². The zero-order valence-electron chi connectivity index (χ0n) is 22.5. The van der Waals surface area contributed by atoms with Gasteiger partial charge < -0.3 is 37.7 Å². The Morgan fingerprint density at radius 3 is 1.63 bits per heavy atom. The van der Waals surface area contributed by atoms with Crippen molar-refractivity contribution in [1.29, 1.82) is 0 Å². The summed E-state index contributed by atoms with van der Waals surface area (Å²) in [6, 6.07) is -0.434. The van der Waals surface area contributed by atoms with E-state index in [0.717, 1.165) is 6.42 Å². The quantitative estimate of drug-likeness (QED) is 0.113. The SMILES string of the molecule is O=C(CN(CCOS(=O)(=O)[O-])C(=O)C1OC(OS(=O)(=O)[O-])C(OS(=O)(=O)[O-])C(OS(=O)(=O)[O-])C1OS(=O)(=O)[O-])NC1CCCCC1. The van der Waals surface area contributed by atoms with Crippen molar-refractivity contribution in [2.45, 2.75) is 68.9 Å². The third kappa shape index (κ3) is 15.0. The summed E-state index contributed by atoms with van der Waals surface area (Å²) < 4.78 is 194. The van der Waals surface area contributed by atoms with Gasteiger partial charge in [0, 0.05) is 12.6 Å². The van der Waals surface area contributed by atoms with Crippen molar-refractivity contribution >= 4 is 63.8 Å². The van der Waals surface area contributed by atoms with Crippen molar-refractivity contribution in [3.63, 3.8) is 0 Å². The maximum Gasteiger partial charge on any atom is 0.255 e. The molecule has 1 heterocycles. The molecule has 25 nitrogen and oxygen atoms in total. The van der Waals surface area contributed by atoms with Crippen molar-refractivity contribution in [3.8, 4) is 0 Å². The average molecular weight is 772 g/mol. The van der Waals surface area contributed by atoms with E-state index in [-0.39, 0.29) is 4.90 Å². The minimum absolute atomic E-state index is 0.193. The van der Waals surface area contributed by atoms with E-state index in [2.05, 4.69) is 26.2 Å². The van der Waals surface area contributed by atoms with Crippen LogP contribution in [0.5, 0.6) is 0 Å². The van der Waals surface area contributed by atoms with Crippen molar-refractivity contribution in [2.24, 2.45) is 0 Å². The standard InChI is InChI=1S/C16H28N2O23S5/c19-10(17-9-4-2-1-3-5-9)8-18(6-7-36-42(21,22)23)15(20)13-11(38-43(24,25)26)12(39-44(27,28)29)14(40-45(30,31)32)16(37-13)41-46(33,34)35/h9,11-14,16H,1-8H2,(H,17,19)(H,21,22,23)(H,24,25,26)(H,27,28,29)(H,30,31,32)(H,33,34,35)/p-5. The molecule has 0 aromatic carbocycles. The normalized spacial score (nSPS) is 25.5. The molecule has 46 heavy (non-hydrogen) atoms. The topological polar surface area (TPSA) is 391 Å². The Morgan fingerprint density at radius 1 is 0.674 bits per heavy atom. The second kappa shape index (κ2) is 15.6. The molecule has 0 aromatic heterocycles. The Kier molecular flexibility index (Phi) is 13.7. The Balaban J connectivity index is 2.65. The number of nitrogens with one attached hydrogen (secondary N) is 1. The number of ether oxygens (including phenoxy) is 1. The van der Waals surface area contributed by atoms with Crippen LogP contribution in [0.15, 0.2) is 0 Å². The Hall–Kier alpha value is -1.75. The summed E-state index contributed by atoms with van der Waals surface area (Å²) in [5, 5.41) is 2.49. The van der Waals surface area contributed by atoms with E-state index in [1.165, 1.54) is 0 Å². The minimum atomic E-state index is -6.26. The fraction of sp³-hybridized carbons (Fsp3) is 0.875. The number of carbonyl (C=O) groups is 2. The second-order valence-electron chi connectivity index (χ2n) is 9.23. The molecule has 0 radical (unpaired) electrons. The molecule has 270 valence electrons. The molecule has 0 spiro atoms. The molecular formula is C16H23N2O23S5-5. The summed E-state index contributed by atoms with van der Waals surface area (Å²) >= 11 is 0. The monoisotopic (exact) mass is 771 g/mol. The van der Waals surface area contributed by atoms with E-state index < -0.39 is 120 Å². The third-order valence-corrected chi connectivity index (χ3v) is 8.10. The average Bonchev–Trinajstić information content (AvgIpc) is 2.83. The van der Waals surface area contributed by atoms with Gasteiger partial charge in [0.25, 0.3) is 5.91 Å². The Bertz CT molecular complexity index is 1640. The first-order valence-corrected chi connectivity index (χ1v) is 18.8. The molecule has 2 rings (SSSR count). The molecule has 2 amide bonds. The highest BCUT2D eigenvalue weighted by atomic mass is 32.3.